The molecule has 0 fully saturated rings. The van der Waals surface area contributed by atoms with Gasteiger partial charge in [-0.3, -0.25) is 0 Å². The molecule has 0 radical (unpaired) electrons. The molecule has 0 aliphatic carbocycles. The molecule has 0 unspecified atom stereocenters. The number of hydrogen-bond acceptors (Lipinski definition) is 3. The minimum absolute atomic E-state index is 0.808. The van der Waals surface area contributed by atoms with Gasteiger partial charge in [-0.1, -0.05) is 76.1 Å². The first-order valence-electron chi connectivity index (χ1n) is 11.7. The van der Waals surface area contributed by atoms with Crippen molar-refractivity contribution in [3.05, 3.63) is 60.3 Å². The van der Waals surface area contributed by atoms with Gasteiger partial charge in [-0.15, -0.1) is 11.3 Å². The Kier molecular flexibility index (Phi) is 8.91. The van der Waals surface area contributed by atoms with E-state index in [1.165, 1.54) is 59.7 Å². The number of rotatable bonds is 12. The monoisotopic (exact) mass is 451 g/mol. The molecule has 31 heavy (non-hydrogen) atoms. The first-order valence-corrected chi connectivity index (χ1v) is 16.3. The molecular weight excluding hydrogens is 414 g/mol. The second kappa shape index (κ2) is 11.6. The zero-order chi connectivity index (χ0) is 22.1. The van der Waals surface area contributed by atoms with Gasteiger partial charge in [0.25, 0.3) is 0 Å². The van der Waals surface area contributed by atoms with Crippen molar-refractivity contribution in [3.63, 3.8) is 0 Å². The summed E-state index contributed by atoms with van der Waals surface area (Å²) >= 11 is 1.75. The molecule has 0 aliphatic heterocycles. The predicted molar refractivity (Wildman–Crippen MR) is 139 cm³/mol. The van der Waals surface area contributed by atoms with Crippen LogP contribution >= 0.6 is 11.3 Å². The van der Waals surface area contributed by atoms with Crippen molar-refractivity contribution in [2.75, 3.05) is 6.61 Å². The van der Waals surface area contributed by atoms with Crippen molar-refractivity contribution in [1.29, 1.82) is 0 Å². The third kappa shape index (κ3) is 7.93. The largest absolute Gasteiger partial charge is 0.494 e. The summed E-state index contributed by atoms with van der Waals surface area (Å²) in [6, 6.07) is 18.7. The number of hydrogen-bond donors (Lipinski definition) is 0. The Balaban J connectivity index is 1.54. The molecule has 2 aromatic carbocycles. The molecule has 3 aromatic rings. The quantitative estimate of drug-likeness (QED) is 0.203. The van der Waals surface area contributed by atoms with Gasteiger partial charge in [0.1, 0.15) is 10.8 Å². The molecular formula is C27H37NOSSi. The lowest BCUT2D eigenvalue weighted by molar-refractivity contribution is 0.317. The van der Waals surface area contributed by atoms with E-state index in [2.05, 4.69) is 80.1 Å². The van der Waals surface area contributed by atoms with Gasteiger partial charge in [0, 0.05) is 19.8 Å². The number of aromatic nitrogens is 1. The van der Waals surface area contributed by atoms with Crippen LogP contribution in [0.5, 0.6) is 5.75 Å². The Hall–Kier alpha value is -1.91. The molecule has 0 N–H and O–H groups in total. The van der Waals surface area contributed by atoms with E-state index in [1.807, 2.05) is 6.20 Å². The Labute approximate surface area is 193 Å². The number of nitrogens with zero attached hydrogens (tertiary/aromatic N) is 1. The van der Waals surface area contributed by atoms with E-state index < -0.39 is 8.07 Å². The summed E-state index contributed by atoms with van der Waals surface area (Å²) in [4.78, 5) is 5.87. The molecule has 2 nitrogen and oxygen atoms in total. The van der Waals surface area contributed by atoms with Crippen LogP contribution in [-0.4, -0.2) is 19.7 Å². The van der Waals surface area contributed by atoms with Crippen LogP contribution in [-0.2, 0) is 6.42 Å². The van der Waals surface area contributed by atoms with E-state index in [0.29, 0.717) is 0 Å². The topological polar surface area (TPSA) is 22.1 Å². The minimum atomic E-state index is -0.972. The smallest absolute Gasteiger partial charge is 0.123 e. The number of ether oxygens (including phenoxy) is 1. The predicted octanol–water partition coefficient (Wildman–Crippen LogP) is 8.71. The number of thiazole rings is 1. The summed E-state index contributed by atoms with van der Waals surface area (Å²) in [7, 11) is -0.972. The molecule has 1 aromatic heterocycles. The first kappa shape index (κ1) is 23.7. The molecule has 0 saturated heterocycles. The highest BCUT2D eigenvalue weighted by Crippen LogP contribution is 2.33. The molecule has 0 atom stereocenters. The van der Waals surface area contributed by atoms with Crippen LogP contribution in [0.2, 0.25) is 25.7 Å². The number of unbranched alkanes of at least 4 members (excludes halogenated alkanes) is 3. The molecule has 4 heteroatoms. The zero-order valence-corrected chi connectivity index (χ0v) is 21.4. The number of aryl methyl sites for hydroxylation is 1. The van der Waals surface area contributed by atoms with E-state index in [-0.39, 0.29) is 0 Å². The lowest BCUT2D eigenvalue weighted by Crippen LogP contribution is -2.19. The van der Waals surface area contributed by atoms with Crippen LogP contribution in [0.3, 0.4) is 0 Å². The zero-order valence-electron chi connectivity index (χ0n) is 19.6. The molecule has 0 spiro atoms. The van der Waals surface area contributed by atoms with Gasteiger partial charge in [-0.2, -0.15) is 0 Å². The fourth-order valence-corrected chi connectivity index (χ4v) is 5.75. The summed E-state index contributed by atoms with van der Waals surface area (Å²) in [5.74, 6) is 0.957. The maximum atomic E-state index is 5.93. The van der Waals surface area contributed by atoms with Crippen LogP contribution in [0.4, 0.5) is 0 Å². The average molecular weight is 452 g/mol. The van der Waals surface area contributed by atoms with Gasteiger partial charge in [-0.05, 0) is 54.7 Å². The van der Waals surface area contributed by atoms with E-state index in [0.717, 1.165) is 23.8 Å². The lowest BCUT2D eigenvalue weighted by atomic mass is 10.0. The van der Waals surface area contributed by atoms with Crippen molar-refractivity contribution in [2.45, 2.75) is 71.1 Å². The SMILES string of the molecule is CCCCCCc1ccc(-c2ncc(-c3ccc(OCCC[Si](C)(C)C)cc3)s2)cc1. The second-order valence-electron chi connectivity index (χ2n) is 9.57. The first-order chi connectivity index (χ1) is 14.9. The highest BCUT2D eigenvalue weighted by Gasteiger charge is 2.12. The third-order valence-electron chi connectivity index (χ3n) is 5.50. The Morgan fingerprint density at radius 2 is 1.55 bits per heavy atom. The second-order valence-corrected chi connectivity index (χ2v) is 16.2. The normalized spacial score (nSPS) is 11.6. The maximum absolute atomic E-state index is 5.93. The fraction of sp³-hybridized carbons (Fsp3) is 0.444. The summed E-state index contributed by atoms with van der Waals surface area (Å²) in [6.45, 7) is 10.3. The third-order valence-corrected chi connectivity index (χ3v) is 8.45. The molecule has 166 valence electrons. The highest BCUT2D eigenvalue weighted by atomic mass is 32.1. The summed E-state index contributed by atoms with van der Waals surface area (Å²) in [6.07, 6.45) is 9.56. The van der Waals surface area contributed by atoms with Gasteiger partial charge < -0.3 is 4.74 Å². The van der Waals surface area contributed by atoms with Gasteiger partial charge in [0.15, 0.2) is 0 Å². The van der Waals surface area contributed by atoms with Crippen LogP contribution in [0.25, 0.3) is 21.0 Å². The molecule has 3 rings (SSSR count). The van der Waals surface area contributed by atoms with E-state index in [4.69, 9.17) is 4.74 Å². The Bertz CT molecular complexity index is 910. The van der Waals surface area contributed by atoms with Crippen molar-refractivity contribution in [3.8, 4) is 26.8 Å². The van der Waals surface area contributed by atoms with E-state index >= 15 is 0 Å². The van der Waals surface area contributed by atoms with Crippen molar-refractivity contribution in [2.24, 2.45) is 0 Å². The van der Waals surface area contributed by atoms with Gasteiger partial charge in [0.2, 0.25) is 0 Å². The molecule has 0 amide bonds. The van der Waals surface area contributed by atoms with E-state index in [1.54, 1.807) is 11.3 Å². The minimum Gasteiger partial charge on any atom is -0.494 e. The maximum Gasteiger partial charge on any atom is 0.123 e. The van der Waals surface area contributed by atoms with Crippen molar-refractivity contribution in [1.82, 2.24) is 4.98 Å². The highest BCUT2D eigenvalue weighted by molar-refractivity contribution is 7.18. The molecule has 0 bridgehead atoms. The summed E-state index contributed by atoms with van der Waals surface area (Å²) in [5.41, 5.74) is 3.83. The van der Waals surface area contributed by atoms with Crippen LogP contribution in [0, 0.1) is 0 Å². The van der Waals surface area contributed by atoms with Crippen molar-refractivity contribution >= 4 is 19.4 Å². The van der Waals surface area contributed by atoms with Gasteiger partial charge in [0.05, 0.1) is 11.5 Å². The van der Waals surface area contributed by atoms with Crippen molar-refractivity contribution < 1.29 is 4.74 Å². The summed E-state index contributed by atoms with van der Waals surface area (Å²) in [5, 5.41) is 1.08. The van der Waals surface area contributed by atoms with E-state index in [9.17, 15) is 0 Å². The Morgan fingerprint density at radius 1 is 0.839 bits per heavy atom. The number of benzene rings is 2. The van der Waals surface area contributed by atoms with Gasteiger partial charge in [-0.25, -0.2) is 4.98 Å². The average Bonchev–Trinajstić information content (AvgIpc) is 3.25. The Morgan fingerprint density at radius 3 is 2.23 bits per heavy atom. The fourth-order valence-electron chi connectivity index (χ4n) is 3.62. The molecule has 0 saturated carbocycles. The molecule has 0 aliphatic rings. The summed E-state index contributed by atoms with van der Waals surface area (Å²) < 4.78 is 5.93. The lowest BCUT2D eigenvalue weighted by Gasteiger charge is -2.15. The standard InChI is InChI=1S/C27H37NOSSi/c1-5-6-7-8-10-22-11-13-24(14-12-22)27-28-21-26(30-27)23-15-17-25(18-16-23)29-19-9-20-31(2,3)4/h11-18,21H,5-10,19-20H2,1-4H3. The van der Waals surface area contributed by atoms with Gasteiger partial charge >= 0.3 is 0 Å². The van der Waals surface area contributed by atoms with Crippen LogP contribution < -0.4 is 4.74 Å². The molecule has 1 heterocycles. The van der Waals surface area contributed by atoms with Crippen LogP contribution in [0.1, 0.15) is 44.6 Å². The van der Waals surface area contributed by atoms with Crippen LogP contribution in [0.15, 0.2) is 54.7 Å².